The summed E-state index contributed by atoms with van der Waals surface area (Å²) in [6.07, 6.45) is 4.27. The third-order valence-corrected chi connectivity index (χ3v) is 12.9. The lowest BCUT2D eigenvalue weighted by Gasteiger charge is -2.36. The highest BCUT2D eigenvalue weighted by Crippen LogP contribution is 2.45. The second-order valence-electron chi connectivity index (χ2n) is 16.8. The van der Waals surface area contributed by atoms with Crippen LogP contribution in [0.1, 0.15) is 96.3 Å². The number of hydrogen-bond donors (Lipinski definition) is 4. The van der Waals surface area contributed by atoms with Crippen LogP contribution in [0.15, 0.2) is 30.9 Å². The standard InChI is InChI=1S/C37H52N6O8S/c1-7-24-18-37(24,32(46)41-52(49,50)26-14-15-26)39-30(44)28-17-25-20-43(28)31(45)29(35(2,3)4)38-33(47)40-36(5,6)16-9-8-11-22-12-10-13-23-19-42(21-27(22)23)34(48)51-25/h7,10,12-13,24-26,28-29H,1,8-9,11,14-21H2,2-6H3,(H,39,44)(H,41,46)(H2,38,40,47)/t24-,25-,28+,29-,37+/m1/s1. The minimum Gasteiger partial charge on any atom is -0.444 e. The molecule has 6 amide bonds. The van der Waals surface area contributed by atoms with Crippen molar-refractivity contribution in [1.29, 1.82) is 0 Å². The van der Waals surface area contributed by atoms with Gasteiger partial charge in [-0.05, 0) is 74.5 Å². The summed E-state index contributed by atoms with van der Waals surface area (Å²) in [5, 5.41) is 8.00. The molecular formula is C37H52N6O8S. The summed E-state index contributed by atoms with van der Waals surface area (Å²) in [4.78, 5) is 72.2. The Bertz CT molecular complexity index is 1770. The van der Waals surface area contributed by atoms with E-state index < -0.39 is 85.7 Å². The fourth-order valence-electron chi connectivity index (χ4n) is 7.70. The number of fused-ring (bicyclic) bond motifs is 3. The Morgan fingerprint density at radius 1 is 1.08 bits per heavy atom. The number of sulfonamides is 1. The number of benzene rings is 1. The third kappa shape index (κ3) is 7.79. The molecule has 3 aliphatic heterocycles. The van der Waals surface area contributed by atoms with E-state index in [-0.39, 0.29) is 19.4 Å². The molecule has 2 aliphatic carbocycles. The maximum atomic E-state index is 14.5. The highest BCUT2D eigenvalue weighted by molar-refractivity contribution is 7.91. The lowest BCUT2D eigenvalue weighted by molar-refractivity contribution is -0.142. The van der Waals surface area contributed by atoms with Crippen molar-refractivity contribution in [3.05, 3.63) is 47.5 Å². The zero-order valence-corrected chi connectivity index (χ0v) is 31.6. The number of urea groups is 1. The van der Waals surface area contributed by atoms with Crippen molar-refractivity contribution in [2.45, 2.75) is 134 Å². The molecule has 52 heavy (non-hydrogen) atoms. The van der Waals surface area contributed by atoms with Crippen molar-refractivity contribution in [3.8, 4) is 0 Å². The van der Waals surface area contributed by atoms with Crippen molar-refractivity contribution < 1.29 is 37.1 Å². The second kappa shape index (κ2) is 13.7. The zero-order valence-electron chi connectivity index (χ0n) is 30.8. The van der Waals surface area contributed by atoms with E-state index in [0.29, 0.717) is 32.4 Å². The topological polar surface area (TPSA) is 183 Å². The molecule has 14 nitrogen and oxygen atoms in total. The van der Waals surface area contributed by atoms with E-state index in [4.69, 9.17) is 4.74 Å². The Labute approximate surface area is 305 Å². The first-order valence-electron chi connectivity index (χ1n) is 18.3. The Morgan fingerprint density at radius 2 is 1.79 bits per heavy atom. The van der Waals surface area contributed by atoms with Gasteiger partial charge in [-0.3, -0.25) is 24.0 Å². The largest absolute Gasteiger partial charge is 0.444 e. The van der Waals surface area contributed by atoms with Gasteiger partial charge < -0.3 is 25.6 Å². The van der Waals surface area contributed by atoms with Crippen LogP contribution in [0.25, 0.3) is 0 Å². The number of hydrogen-bond acceptors (Lipinski definition) is 8. The Morgan fingerprint density at radius 3 is 2.44 bits per heavy atom. The molecule has 5 aliphatic rings. The number of aryl methyl sites for hydroxylation is 1. The van der Waals surface area contributed by atoms with Gasteiger partial charge in [0.1, 0.15) is 23.7 Å². The highest BCUT2D eigenvalue weighted by atomic mass is 32.2. The van der Waals surface area contributed by atoms with Crippen LogP contribution < -0.4 is 20.7 Å². The number of amides is 6. The molecule has 0 spiro atoms. The monoisotopic (exact) mass is 740 g/mol. The summed E-state index contributed by atoms with van der Waals surface area (Å²) in [5.41, 5.74) is 0.358. The van der Waals surface area contributed by atoms with E-state index >= 15 is 0 Å². The average Bonchev–Trinajstić information content (AvgIpc) is 3.94. The van der Waals surface area contributed by atoms with Crippen LogP contribution in [0, 0.1) is 11.3 Å². The van der Waals surface area contributed by atoms with Crippen LogP contribution in [0.5, 0.6) is 0 Å². The summed E-state index contributed by atoms with van der Waals surface area (Å²) in [7, 11) is -3.90. The molecule has 2 saturated carbocycles. The number of ether oxygens (including phenoxy) is 1. The van der Waals surface area contributed by atoms with Crippen LogP contribution >= 0.6 is 0 Å². The normalized spacial score (nSPS) is 29.4. The average molecular weight is 741 g/mol. The number of nitrogens with one attached hydrogen (secondary N) is 4. The smallest absolute Gasteiger partial charge is 0.410 e. The van der Waals surface area contributed by atoms with Gasteiger partial charge in [0.05, 0.1) is 11.8 Å². The first-order chi connectivity index (χ1) is 24.3. The fraction of sp³-hybridized carbons (Fsp3) is 0.649. The first kappa shape index (κ1) is 37.6. The van der Waals surface area contributed by atoms with Crippen molar-refractivity contribution in [2.24, 2.45) is 11.3 Å². The predicted molar refractivity (Wildman–Crippen MR) is 192 cm³/mol. The summed E-state index contributed by atoms with van der Waals surface area (Å²) >= 11 is 0. The summed E-state index contributed by atoms with van der Waals surface area (Å²) in [5.74, 6) is -2.64. The van der Waals surface area contributed by atoms with E-state index in [1.54, 1.807) is 25.7 Å². The predicted octanol–water partition coefficient (Wildman–Crippen LogP) is 3.00. The molecule has 15 heteroatoms. The maximum absolute atomic E-state index is 14.5. The van der Waals surface area contributed by atoms with Crippen molar-refractivity contribution >= 4 is 39.9 Å². The maximum Gasteiger partial charge on any atom is 0.410 e. The van der Waals surface area contributed by atoms with Crippen LogP contribution in [0.2, 0.25) is 0 Å². The van der Waals surface area contributed by atoms with Crippen molar-refractivity contribution in [2.75, 3.05) is 6.54 Å². The number of carbonyl (C=O) groups is 5. The van der Waals surface area contributed by atoms with Gasteiger partial charge >= 0.3 is 12.1 Å². The minimum atomic E-state index is -3.90. The van der Waals surface area contributed by atoms with E-state index in [2.05, 4.69) is 33.3 Å². The number of nitrogens with zero attached hydrogens (tertiary/aromatic N) is 2. The molecule has 0 aromatic heterocycles. The third-order valence-electron chi connectivity index (χ3n) is 11.0. The van der Waals surface area contributed by atoms with Crippen LogP contribution in [0.3, 0.4) is 0 Å². The molecule has 3 heterocycles. The molecule has 1 aromatic carbocycles. The quantitative estimate of drug-likeness (QED) is 0.321. The van der Waals surface area contributed by atoms with E-state index in [9.17, 15) is 32.4 Å². The van der Waals surface area contributed by atoms with E-state index in [0.717, 1.165) is 36.0 Å². The second-order valence-corrected chi connectivity index (χ2v) is 18.8. The summed E-state index contributed by atoms with van der Waals surface area (Å²) in [6.45, 7) is 13.7. The van der Waals surface area contributed by atoms with Gasteiger partial charge in [-0.2, -0.15) is 0 Å². The van der Waals surface area contributed by atoms with Crippen LogP contribution in [-0.2, 0) is 48.7 Å². The van der Waals surface area contributed by atoms with Gasteiger partial charge in [0.25, 0.3) is 5.91 Å². The molecule has 1 aromatic rings. The molecule has 3 fully saturated rings. The lowest BCUT2D eigenvalue weighted by atomic mass is 9.85. The Balaban J connectivity index is 1.29. The minimum absolute atomic E-state index is 0.0672. The Kier molecular flexibility index (Phi) is 9.90. The molecule has 6 rings (SSSR count). The molecule has 5 atom stereocenters. The van der Waals surface area contributed by atoms with Crippen molar-refractivity contribution in [3.63, 3.8) is 0 Å². The molecule has 4 N–H and O–H groups in total. The first-order valence-corrected chi connectivity index (χ1v) is 19.8. The SMILES string of the molecule is C=C[C@@H]1C[C@@]1(NC(=O)[C@@H]1C[C@@H]2CN1C(=O)[C@H](C(C)(C)C)NC(=O)NC(C)(C)CCCCc1cccc3c1CN(C3)C(=O)O2)C(=O)NS(=O)(=O)C1CC1. The van der Waals surface area contributed by atoms with Gasteiger partial charge in [0, 0.05) is 31.0 Å². The van der Waals surface area contributed by atoms with Crippen LogP contribution in [0.4, 0.5) is 9.59 Å². The molecule has 0 radical (unpaired) electrons. The number of rotatable bonds is 6. The summed E-state index contributed by atoms with van der Waals surface area (Å²) in [6, 6.07) is 3.27. The van der Waals surface area contributed by atoms with Crippen molar-refractivity contribution in [1.82, 2.24) is 30.5 Å². The van der Waals surface area contributed by atoms with Gasteiger partial charge in [-0.25, -0.2) is 18.0 Å². The fourth-order valence-corrected chi connectivity index (χ4v) is 9.06. The van der Waals surface area contributed by atoms with Gasteiger partial charge in [-0.15, -0.1) is 6.58 Å². The zero-order chi connectivity index (χ0) is 37.8. The van der Waals surface area contributed by atoms with Gasteiger partial charge in [0.15, 0.2) is 0 Å². The van der Waals surface area contributed by atoms with Gasteiger partial charge in [0.2, 0.25) is 21.8 Å². The molecular weight excluding hydrogens is 689 g/mol. The lowest BCUT2D eigenvalue weighted by Crippen LogP contribution is -2.62. The van der Waals surface area contributed by atoms with Crippen LogP contribution in [-0.4, -0.2) is 89.1 Å². The Hall–Kier alpha value is -4.14. The van der Waals surface area contributed by atoms with E-state index in [1.807, 2.05) is 26.0 Å². The number of carbonyl (C=O) groups excluding carboxylic acids is 5. The molecule has 1 saturated heterocycles. The molecule has 0 unspecified atom stereocenters. The molecule has 284 valence electrons. The van der Waals surface area contributed by atoms with Gasteiger partial charge in [-0.1, -0.05) is 51.5 Å². The van der Waals surface area contributed by atoms with E-state index in [1.165, 1.54) is 11.0 Å². The highest BCUT2D eigenvalue weighted by Gasteiger charge is 2.62. The molecule has 4 bridgehead atoms. The summed E-state index contributed by atoms with van der Waals surface area (Å²) < 4.78 is 33.5.